The second kappa shape index (κ2) is 62.3. The van der Waals surface area contributed by atoms with Crippen LogP contribution in [0.5, 0.6) is 0 Å². The van der Waals surface area contributed by atoms with Gasteiger partial charge in [-0.3, -0.25) is 4.79 Å². The molecule has 0 aliphatic rings. The molecule has 0 aromatic carbocycles. The van der Waals surface area contributed by atoms with Gasteiger partial charge in [0.15, 0.2) is 0 Å². The van der Waals surface area contributed by atoms with E-state index in [9.17, 15) is 15.0 Å². The Morgan fingerprint density at radius 3 is 0.959 bits per heavy atom. The highest BCUT2D eigenvalue weighted by molar-refractivity contribution is 5.76. The molecule has 3 N–H and O–H groups in total. The van der Waals surface area contributed by atoms with Crippen molar-refractivity contribution in [3.05, 3.63) is 158 Å². The van der Waals surface area contributed by atoms with Crippen molar-refractivity contribution in [2.75, 3.05) is 6.61 Å². The third-order valence-electron chi connectivity index (χ3n) is 12.7. The predicted octanol–water partition coefficient (Wildman–Crippen LogP) is 20.5. The summed E-state index contributed by atoms with van der Waals surface area (Å²) >= 11 is 0. The van der Waals surface area contributed by atoms with Crippen molar-refractivity contribution in [1.29, 1.82) is 0 Å². The molecular weight excluding hydrogens is 891 g/mol. The minimum absolute atomic E-state index is 0.126. The molecule has 0 aromatic rings. The van der Waals surface area contributed by atoms with E-state index in [1.165, 1.54) is 122 Å². The summed E-state index contributed by atoms with van der Waals surface area (Å²) in [5, 5.41) is 23.1. The molecule has 0 aliphatic heterocycles. The van der Waals surface area contributed by atoms with Gasteiger partial charge in [-0.2, -0.15) is 0 Å². The summed E-state index contributed by atoms with van der Waals surface area (Å²) < 4.78 is 0. The molecule has 0 bridgehead atoms. The van der Waals surface area contributed by atoms with E-state index in [-0.39, 0.29) is 12.5 Å². The normalized spacial score (nSPS) is 14.0. The van der Waals surface area contributed by atoms with Crippen LogP contribution >= 0.6 is 0 Å². The molecule has 0 aromatic heterocycles. The highest BCUT2D eigenvalue weighted by Crippen LogP contribution is 2.15. The number of aliphatic hydroxyl groups excluding tert-OH is 2. The SMILES string of the molecule is CC/C=C\C/C=C\C/C=C\C/C=C\C/C=C\C/C=C\C/C=C\C/C=C\C/C=C\C/C=C\CCCCC(=O)NC(CO)C(O)/C=C/CC/C=C/CC/C=C/CCCCCCCCCCCCCCCCCCCC. The van der Waals surface area contributed by atoms with E-state index in [0.717, 1.165) is 109 Å². The van der Waals surface area contributed by atoms with Gasteiger partial charge in [0, 0.05) is 6.42 Å². The van der Waals surface area contributed by atoms with E-state index in [1.807, 2.05) is 6.08 Å². The van der Waals surface area contributed by atoms with Crippen LogP contribution in [-0.4, -0.2) is 34.9 Å². The van der Waals surface area contributed by atoms with Crippen LogP contribution in [0.15, 0.2) is 158 Å². The molecular formula is C69H113NO3. The van der Waals surface area contributed by atoms with Crippen molar-refractivity contribution in [2.45, 2.75) is 264 Å². The summed E-state index contributed by atoms with van der Waals surface area (Å²) in [5.41, 5.74) is 0. The Hall–Kier alpha value is -3.99. The molecule has 0 aliphatic carbocycles. The molecule has 4 nitrogen and oxygen atoms in total. The standard InChI is InChI=1S/C69H113NO3/c1-3-5-7-9-11-13-15-17-19-21-23-25-27-29-31-33-34-35-36-37-39-41-43-45-47-49-51-53-55-57-59-61-63-65-69(73)70-67(66-71)68(72)64-62-60-58-56-54-52-50-48-46-44-42-40-38-32-30-28-26-24-22-20-18-16-14-12-10-8-6-4-2/h5,7,11,13,17,19,23,25,29,31,34-35,37,39,43,45-46,48-49,51,54-57,62,64,67-68,71-72H,3-4,6,8-10,12,14-16,18,20-22,24,26-28,30,32-33,36,38,40-42,44,47,50,52-53,58-61,63,65-66H2,1-2H3,(H,70,73)/b7-5-,13-11-,19-17-,25-23-,31-29-,35-34-,39-37-,45-43-,48-46+,51-49-,56-54+,57-55-,64-62+. The number of hydrogen-bond donors (Lipinski definition) is 3. The molecule has 4 heteroatoms. The van der Waals surface area contributed by atoms with Crippen molar-refractivity contribution < 1.29 is 15.0 Å². The second-order valence-electron chi connectivity index (χ2n) is 19.7. The molecule has 0 spiro atoms. The highest BCUT2D eigenvalue weighted by atomic mass is 16.3. The number of allylic oxidation sites excluding steroid dienone is 25. The molecule has 2 atom stereocenters. The zero-order valence-corrected chi connectivity index (χ0v) is 47.3. The zero-order valence-electron chi connectivity index (χ0n) is 47.3. The molecule has 0 saturated carbocycles. The third kappa shape index (κ3) is 58.8. The molecule has 0 radical (unpaired) electrons. The first-order chi connectivity index (χ1) is 36.2. The monoisotopic (exact) mass is 1000 g/mol. The van der Waals surface area contributed by atoms with Gasteiger partial charge in [0.2, 0.25) is 5.91 Å². The van der Waals surface area contributed by atoms with Crippen molar-refractivity contribution in [1.82, 2.24) is 5.32 Å². The number of carbonyl (C=O) groups is 1. The van der Waals surface area contributed by atoms with E-state index in [1.54, 1.807) is 6.08 Å². The van der Waals surface area contributed by atoms with Gasteiger partial charge in [-0.15, -0.1) is 0 Å². The van der Waals surface area contributed by atoms with E-state index >= 15 is 0 Å². The van der Waals surface area contributed by atoms with Crippen LogP contribution in [0, 0.1) is 0 Å². The first-order valence-electron chi connectivity index (χ1n) is 30.2. The Morgan fingerprint density at radius 2 is 0.616 bits per heavy atom. The molecule has 2 unspecified atom stereocenters. The lowest BCUT2D eigenvalue weighted by Gasteiger charge is -2.19. The summed E-state index contributed by atoms with van der Waals surface area (Å²) in [7, 11) is 0. The minimum Gasteiger partial charge on any atom is -0.394 e. The second-order valence-corrected chi connectivity index (χ2v) is 19.7. The van der Waals surface area contributed by atoms with E-state index < -0.39 is 12.1 Å². The van der Waals surface area contributed by atoms with Crippen LogP contribution in [0.3, 0.4) is 0 Å². The van der Waals surface area contributed by atoms with E-state index in [2.05, 4.69) is 165 Å². The fourth-order valence-corrected chi connectivity index (χ4v) is 8.18. The van der Waals surface area contributed by atoms with Crippen molar-refractivity contribution in [2.24, 2.45) is 0 Å². The zero-order chi connectivity index (χ0) is 52.7. The molecule has 1 amide bonds. The number of amides is 1. The average Bonchev–Trinajstić information content (AvgIpc) is 3.40. The lowest BCUT2D eigenvalue weighted by molar-refractivity contribution is -0.123. The van der Waals surface area contributed by atoms with Crippen LogP contribution in [0.25, 0.3) is 0 Å². The van der Waals surface area contributed by atoms with Gasteiger partial charge in [-0.1, -0.05) is 281 Å². The molecule has 0 saturated heterocycles. The van der Waals surface area contributed by atoms with Gasteiger partial charge in [0.1, 0.15) is 0 Å². The van der Waals surface area contributed by atoms with Gasteiger partial charge in [0.25, 0.3) is 0 Å². The van der Waals surface area contributed by atoms with Crippen LogP contribution in [0.2, 0.25) is 0 Å². The fourth-order valence-electron chi connectivity index (χ4n) is 8.18. The van der Waals surface area contributed by atoms with Crippen molar-refractivity contribution in [3.8, 4) is 0 Å². The minimum atomic E-state index is -0.903. The first kappa shape index (κ1) is 69.0. The van der Waals surface area contributed by atoms with E-state index in [4.69, 9.17) is 0 Å². The average molecular weight is 1000 g/mol. The molecule has 0 heterocycles. The van der Waals surface area contributed by atoms with Crippen LogP contribution in [-0.2, 0) is 4.79 Å². The summed E-state index contributed by atoms with van der Waals surface area (Å²) in [4.78, 5) is 12.5. The number of nitrogens with one attached hydrogen (secondary N) is 1. The summed E-state index contributed by atoms with van der Waals surface area (Å²) in [5.74, 6) is -0.126. The Morgan fingerprint density at radius 1 is 0.342 bits per heavy atom. The molecule has 0 rings (SSSR count). The first-order valence-corrected chi connectivity index (χ1v) is 30.2. The van der Waals surface area contributed by atoms with Gasteiger partial charge in [-0.05, 0) is 122 Å². The quantitative estimate of drug-likeness (QED) is 0.0420. The molecule has 73 heavy (non-hydrogen) atoms. The maximum atomic E-state index is 12.5. The van der Waals surface area contributed by atoms with Crippen LogP contribution < -0.4 is 5.32 Å². The Kier molecular flexibility index (Phi) is 58.9. The fraction of sp³-hybridized carbons (Fsp3) is 0.609. The Bertz CT molecular complexity index is 1560. The number of carbonyl (C=O) groups excluding carboxylic acids is 1. The molecule has 0 fully saturated rings. The summed E-state index contributed by atoms with van der Waals surface area (Å²) in [6.07, 6.45) is 99.9. The number of hydrogen-bond acceptors (Lipinski definition) is 3. The Balaban J connectivity index is 3.73. The smallest absolute Gasteiger partial charge is 0.220 e. The Labute approximate surface area is 452 Å². The lowest BCUT2D eigenvalue weighted by atomic mass is 10.0. The topological polar surface area (TPSA) is 69.6 Å². The third-order valence-corrected chi connectivity index (χ3v) is 12.7. The maximum absolute atomic E-state index is 12.5. The van der Waals surface area contributed by atoms with Crippen molar-refractivity contribution >= 4 is 5.91 Å². The lowest BCUT2D eigenvalue weighted by Crippen LogP contribution is -2.45. The number of aliphatic hydroxyl groups is 2. The van der Waals surface area contributed by atoms with Crippen LogP contribution in [0.4, 0.5) is 0 Å². The number of unbranched alkanes of at least 4 members (excludes halogenated alkanes) is 22. The predicted molar refractivity (Wildman–Crippen MR) is 326 cm³/mol. The largest absolute Gasteiger partial charge is 0.394 e. The highest BCUT2D eigenvalue weighted by Gasteiger charge is 2.17. The summed E-state index contributed by atoms with van der Waals surface area (Å²) in [6.45, 7) is 4.16. The van der Waals surface area contributed by atoms with Gasteiger partial charge < -0.3 is 15.5 Å². The maximum Gasteiger partial charge on any atom is 0.220 e. The number of rotatable bonds is 53. The van der Waals surface area contributed by atoms with Crippen molar-refractivity contribution in [3.63, 3.8) is 0 Å². The van der Waals surface area contributed by atoms with Gasteiger partial charge >= 0.3 is 0 Å². The van der Waals surface area contributed by atoms with Crippen LogP contribution in [0.1, 0.15) is 251 Å². The van der Waals surface area contributed by atoms with Gasteiger partial charge in [-0.25, -0.2) is 0 Å². The van der Waals surface area contributed by atoms with E-state index in [0.29, 0.717) is 6.42 Å². The van der Waals surface area contributed by atoms with Gasteiger partial charge in [0.05, 0.1) is 18.8 Å². The summed E-state index contributed by atoms with van der Waals surface area (Å²) in [6, 6.07) is -0.683. The molecule has 412 valence electrons.